The normalized spacial score (nSPS) is 10.8. The van der Waals surface area contributed by atoms with Crippen LogP contribution in [0.4, 0.5) is 0 Å². The van der Waals surface area contributed by atoms with Gasteiger partial charge in [-0.25, -0.2) is 0 Å². The van der Waals surface area contributed by atoms with Crippen molar-refractivity contribution >= 4 is 11.8 Å². The molecular formula is C13H23KO3. The zero-order valence-electron chi connectivity index (χ0n) is 11.7. The number of carbonyl (C=O) groups is 2. The van der Waals surface area contributed by atoms with E-state index in [4.69, 9.17) is 0 Å². The molecule has 0 aromatic rings. The first kappa shape index (κ1) is 20.1. The summed E-state index contributed by atoms with van der Waals surface area (Å²) in [5, 5.41) is 10.7. The number of carboxylic acids is 1. The second-order valence-corrected chi connectivity index (χ2v) is 5.14. The second kappa shape index (κ2) is 10.7. The van der Waals surface area contributed by atoms with Crippen molar-refractivity contribution in [2.24, 2.45) is 5.41 Å². The average molecular weight is 266 g/mol. The van der Waals surface area contributed by atoms with Crippen molar-refractivity contribution in [1.82, 2.24) is 0 Å². The molecule has 0 unspecified atom stereocenters. The van der Waals surface area contributed by atoms with Gasteiger partial charge in [0.2, 0.25) is 0 Å². The van der Waals surface area contributed by atoms with Gasteiger partial charge in [-0.15, -0.1) is 0 Å². The molecule has 0 spiro atoms. The van der Waals surface area contributed by atoms with Crippen molar-refractivity contribution in [3.05, 3.63) is 0 Å². The van der Waals surface area contributed by atoms with Crippen LogP contribution in [-0.2, 0) is 9.59 Å². The largest absolute Gasteiger partial charge is 1.00 e. The summed E-state index contributed by atoms with van der Waals surface area (Å²) in [7, 11) is 0. The average Bonchev–Trinajstić information content (AvgIpc) is 2.15. The molecular weight excluding hydrogens is 243 g/mol. The van der Waals surface area contributed by atoms with Gasteiger partial charge in [0.25, 0.3) is 0 Å². The number of ketones is 1. The van der Waals surface area contributed by atoms with Gasteiger partial charge in [0.15, 0.2) is 0 Å². The molecule has 0 aliphatic carbocycles. The maximum atomic E-state index is 10.7. The first-order valence-corrected chi connectivity index (χ1v) is 6.07. The smallest absolute Gasteiger partial charge is 0.550 e. The maximum absolute atomic E-state index is 10.7. The minimum Gasteiger partial charge on any atom is -0.550 e. The molecule has 0 N–H and O–H groups in total. The number of Topliss-reactive ketones (excluding diaryl/α,β-unsaturated/α-hetero) is 1. The Labute approximate surface area is 147 Å². The maximum Gasteiger partial charge on any atom is 1.00 e. The Kier molecular flexibility index (Phi) is 12.6. The Morgan fingerprint density at radius 2 is 1.47 bits per heavy atom. The monoisotopic (exact) mass is 266 g/mol. The first-order valence-electron chi connectivity index (χ1n) is 6.07. The van der Waals surface area contributed by atoms with Gasteiger partial charge in [0.05, 0.1) is 0 Å². The van der Waals surface area contributed by atoms with Crippen LogP contribution in [0.1, 0.15) is 65.7 Å². The number of carboxylic acid groups (broad SMARTS) is 1. The van der Waals surface area contributed by atoms with E-state index in [-0.39, 0.29) is 57.2 Å². The van der Waals surface area contributed by atoms with E-state index in [1.807, 2.05) is 0 Å². The summed E-state index contributed by atoms with van der Waals surface area (Å²) in [5.74, 6) is -0.720. The Balaban J connectivity index is 0. The van der Waals surface area contributed by atoms with Crippen molar-refractivity contribution in [1.29, 1.82) is 0 Å². The van der Waals surface area contributed by atoms with Crippen molar-refractivity contribution < 1.29 is 66.1 Å². The quantitative estimate of drug-likeness (QED) is 0.401. The third kappa shape index (κ3) is 11.6. The van der Waals surface area contributed by atoms with E-state index in [0.717, 1.165) is 32.1 Å². The molecule has 0 amide bonds. The van der Waals surface area contributed by atoms with Gasteiger partial charge in [-0.3, -0.25) is 0 Å². The zero-order chi connectivity index (χ0) is 12.6. The molecule has 4 heteroatoms. The summed E-state index contributed by atoms with van der Waals surface area (Å²) in [5.41, 5.74) is -0.709. The van der Waals surface area contributed by atoms with E-state index in [9.17, 15) is 14.7 Å². The van der Waals surface area contributed by atoms with Crippen LogP contribution in [0.25, 0.3) is 0 Å². The summed E-state index contributed by atoms with van der Waals surface area (Å²) < 4.78 is 0. The molecule has 0 aromatic carbocycles. The number of rotatable bonds is 9. The van der Waals surface area contributed by atoms with Crippen molar-refractivity contribution in [3.63, 3.8) is 0 Å². The van der Waals surface area contributed by atoms with Crippen LogP contribution in [0.5, 0.6) is 0 Å². The summed E-state index contributed by atoms with van der Waals surface area (Å²) in [4.78, 5) is 21.4. The molecule has 3 nitrogen and oxygen atoms in total. The zero-order valence-corrected chi connectivity index (χ0v) is 14.8. The number of aliphatic carboxylic acids is 1. The molecule has 0 bridgehead atoms. The SMILES string of the molecule is CC(=O)CCCCCCCC(C)(C)C(=O)[O-].[K+]. The molecule has 94 valence electrons. The Morgan fingerprint density at radius 3 is 1.94 bits per heavy atom. The van der Waals surface area contributed by atoms with Crippen LogP contribution < -0.4 is 56.5 Å². The Bertz CT molecular complexity index is 237. The summed E-state index contributed by atoms with van der Waals surface area (Å²) in [6, 6.07) is 0. The second-order valence-electron chi connectivity index (χ2n) is 5.14. The molecule has 0 fully saturated rings. The summed E-state index contributed by atoms with van der Waals surface area (Å²) >= 11 is 0. The fraction of sp³-hybridized carbons (Fsp3) is 0.846. The van der Waals surface area contributed by atoms with E-state index >= 15 is 0 Å². The topological polar surface area (TPSA) is 57.2 Å². The molecule has 0 aromatic heterocycles. The molecule has 0 saturated carbocycles. The molecule has 0 radical (unpaired) electrons. The van der Waals surface area contributed by atoms with Gasteiger partial charge in [0.1, 0.15) is 5.78 Å². The summed E-state index contributed by atoms with van der Waals surface area (Å²) in [6.45, 7) is 5.03. The summed E-state index contributed by atoms with van der Waals surface area (Å²) in [6.07, 6.45) is 6.39. The number of carbonyl (C=O) groups excluding carboxylic acids is 2. The number of hydrogen-bond acceptors (Lipinski definition) is 3. The minimum absolute atomic E-state index is 0. The van der Waals surface area contributed by atoms with Gasteiger partial charge in [-0.1, -0.05) is 39.5 Å². The fourth-order valence-electron chi connectivity index (χ4n) is 1.57. The van der Waals surface area contributed by atoms with Crippen molar-refractivity contribution in [2.45, 2.75) is 65.7 Å². The molecule has 0 saturated heterocycles. The van der Waals surface area contributed by atoms with E-state index in [1.54, 1.807) is 20.8 Å². The van der Waals surface area contributed by atoms with Crippen LogP contribution in [0.15, 0.2) is 0 Å². The fourth-order valence-corrected chi connectivity index (χ4v) is 1.57. The molecule has 0 aliphatic rings. The van der Waals surface area contributed by atoms with Gasteiger partial charge in [-0.2, -0.15) is 0 Å². The first-order chi connectivity index (χ1) is 7.36. The van der Waals surface area contributed by atoms with Gasteiger partial charge in [0, 0.05) is 17.8 Å². The van der Waals surface area contributed by atoms with Crippen molar-refractivity contribution in [2.75, 3.05) is 0 Å². The van der Waals surface area contributed by atoms with Crippen LogP contribution in [0.2, 0.25) is 0 Å². The van der Waals surface area contributed by atoms with Crippen molar-refractivity contribution in [3.8, 4) is 0 Å². The van der Waals surface area contributed by atoms with E-state index < -0.39 is 11.4 Å². The Morgan fingerprint density at radius 1 is 1.00 bits per heavy atom. The molecule has 0 atom stereocenters. The molecule has 0 rings (SSSR count). The Hall–Kier alpha value is 0.776. The molecule has 17 heavy (non-hydrogen) atoms. The molecule has 0 heterocycles. The van der Waals surface area contributed by atoms with Crippen LogP contribution in [0, 0.1) is 5.41 Å². The third-order valence-corrected chi connectivity index (χ3v) is 2.88. The minimum atomic E-state index is -0.968. The van der Waals surface area contributed by atoms with E-state index in [1.165, 1.54) is 0 Å². The molecule has 0 aliphatic heterocycles. The van der Waals surface area contributed by atoms with Gasteiger partial charge in [-0.05, 0) is 19.8 Å². The van der Waals surface area contributed by atoms with Crippen LogP contribution in [0.3, 0.4) is 0 Å². The van der Waals surface area contributed by atoms with Crippen LogP contribution >= 0.6 is 0 Å². The van der Waals surface area contributed by atoms with Crippen LogP contribution in [-0.4, -0.2) is 11.8 Å². The number of unbranched alkanes of at least 4 members (excludes halogenated alkanes) is 4. The van der Waals surface area contributed by atoms with E-state index in [0.29, 0.717) is 12.8 Å². The van der Waals surface area contributed by atoms with Gasteiger partial charge < -0.3 is 14.7 Å². The van der Waals surface area contributed by atoms with Gasteiger partial charge >= 0.3 is 51.4 Å². The number of hydrogen-bond donors (Lipinski definition) is 0. The predicted octanol–water partition coefficient (Wildman–Crippen LogP) is -0.914. The standard InChI is InChI=1S/C13H24O3.K/c1-11(14)9-7-5-4-6-8-10-13(2,3)12(15)16;/h4-10H2,1-3H3,(H,15,16);/q;+1/p-1. The third-order valence-electron chi connectivity index (χ3n) is 2.88. The van der Waals surface area contributed by atoms with E-state index in [2.05, 4.69) is 0 Å². The predicted molar refractivity (Wildman–Crippen MR) is 61.8 cm³/mol.